The second-order valence-electron chi connectivity index (χ2n) is 4.98. The number of hydrogen-bond acceptors (Lipinski definition) is 6. The lowest BCUT2D eigenvalue weighted by molar-refractivity contribution is 0.0428. The first-order valence-electron chi connectivity index (χ1n) is 7.25. The van der Waals surface area contributed by atoms with Crippen LogP contribution in [0.15, 0.2) is 42.9 Å². The van der Waals surface area contributed by atoms with Crippen molar-refractivity contribution in [3.8, 4) is 22.9 Å². The Morgan fingerprint density at radius 2 is 2.17 bits per heavy atom. The fourth-order valence-corrected chi connectivity index (χ4v) is 2.17. The minimum atomic E-state index is -0.0362. The Balaban J connectivity index is 2.00. The van der Waals surface area contributed by atoms with Crippen LogP contribution >= 0.6 is 0 Å². The maximum atomic E-state index is 8.86. The van der Waals surface area contributed by atoms with E-state index >= 15 is 0 Å². The Labute approximate surface area is 133 Å². The van der Waals surface area contributed by atoms with Crippen molar-refractivity contribution in [2.45, 2.75) is 13.7 Å². The number of aliphatic hydroxyl groups excluding tert-OH is 1. The van der Waals surface area contributed by atoms with Gasteiger partial charge in [0.1, 0.15) is 12.4 Å². The molecule has 0 saturated carbocycles. The third-order valence-electron chi connectivity index (χ3n) is 3.19. The van der Waals surface area contributed by atoms with Gasteiger partial charge in [-0.05, 0) is 13.0 Å². The first-order chi connectivity index (χ1) is 11.3. The fourth-order valence-electron chi connectivity index (χ4n) is 2.17. The summed E-state index contributed by atoms with van der Waals surface area (Å²) in [5, 5.41) is 13.3. The molecule has 7 nitrogen and oxygen atoms in total. The van der Waals surface area contributed by atoms with Gasteiger partial charge in [-0.2, -0.15) is 0 Å². The first kappa shape index (κ1) is 15.3. The van der Waals surface area contributed by atoms with Crippen LogP contribution in [0.5, 0.6) is 0 Å². The molecule has 0 fully saturated rings. The van der Waals surface area contributed by atoms with E-state index in [1.165, 1.54) is 0 Å². The van der Waals surface area contributed by atoms with Crippen LogP contribution in [0, 0.1) is 6.92 Å². The average molecular weight is 311 g/mol. The number of aliphatic hydroxyl groups is 1. The molecule has 0 unspecified atom stereocenters. The Kier molecular flexibility index (Phi) is 4.70. The Hall–Kier alpha value is -2.64. The maximum Gasteiger partial charge on any atom is 0.202 e. The number of benzene rings is 1. The summed E-state index contributed by atoms with van der Waals surface area (Å²) in [4.78, 5) is 12.9. The maximum absolute atomic E-state index is 8.86. The number of hydrogen-bond donors (Lipinski definition) is 1. The van der Waals surface area contributed by atoms with Crippen LogP contribution in [0.2, 0.25) is 0 Å². The lowest BCUT2D eigenvalue weighted by Crippen LogP contribution is -2.09. The highest BCUT2D eigenvalue weighted by Gasteiger charge is 2.14. The van der Waals surface area contributed by atoms with E-state index in [1.807, 2.05) is 31.2 Å². The molecule has 0 spiro atoms. The summed E-state index contributed by atoms with van der Waals surface area (Å²) < 4.78 is 7.05. The minimum absolute atomic E-state index is 0.0362. The number of ether oxygens (including phenoxy) is 1. The van der Waals surface area contributed by atoms with Crippen LogP contribution in [0.25, 0.3) is 22.9 Å². The molecule has 1 N–H and O–H groups in total. The van der Waals surface area contributed by atoms with Crippen LogP contribution in [0.3, 0.4) is 0 Å². The molecule has 0 atom stereocenters. The molecule has 2 heterocycles. The lowest BCUT2D eigenvalue weighted by Gasteiger charge is -2.06. The van der Waals surface area contributed by atoms with Gasteiger partial charge in [0.05, 0.1) is 19.4 Å². The molecular weight excluding hydrogens is 294 g/mol. The number of nitrogens with zero attached hydrogens (tertiary/aromatic N) is 5. The van der Waals surface area contributed by atoms with Crippen molar-refractivity contribution >= 4 is 0 Å². The summed E-state index contributed by atoms with van der Waals surface area (Å²) in [6.45, 7) is 2.44. The van der Waals surface area contributed by atoms with Crippen LogP contribution in [-0.4, -0.2) is 43.1 Å². The SMILES string of the molecule is Cc1cccc(-c2nc(-c3cnccn3)nn2COCCO)c1. The molecular formula is C16H17N5O2. The summed E-state index contributed by atoms with van der Waals surface area (Å²) in [6.07, 6.45) is 4.82. The number of aryl methyl sites for hydroxylation is 1. The molecule has 0 radical (unpaired) electrons. The topological polar surface area (TPSA) is 86.0 Å². The van der Waals surface area contributed by atoms with Gasteiger partial charge in [0.15, 0.2) is 5.82 Å². The van der Waals surface area contributed by atoms with Gasteiger partial charge in [-0.3, -0.25) is 4.98 Å². The predicted molar refractivity (Wildman–Crippen MR) is 84.3 cm³/mol. The highest BCUT2D eigenvalue weighted by molar-refractivity contribution is 5.60. The first-order valence-corrected chi connectivity index (χ1v) is 7.25. The van der Waals surface area contributed by atoms with Gasteiger partial charge in [0.25, 0.3) is 0 Å². The summed E-state index contributed by atoms with van der Waals surface area (Å²) >= 11 is 0. The van der Waals surface area contributed by atoms with Crippen molar-refractivity contribution in [3.63, 3.8) is 0 Å². The second kappa shape index (κ2) is 7.08. The van der Waals surface area contributed by atoms with E-state index in [0.717, 1.165) is 11.1 Å². The zero-order chi connectivity index (χ0) is 16.1. The Bertz CT molecular complexity index is 773. The average Bonchev–Trinajstić information content (AvgIpc) is 3.00. The monoisotopic (exact) mass is 311 g/mol. The molecule has 0 saturated heterocycles. The van der Waals surface area contributed by atoms with E-state index < -0.39 is 0 Å². The van der Waals surface area contributed by atoms with Gasteiger partial charge < -0.3 is 9.84 Å². The highest BCUT2D eigenvalue weighted by atomic mass is 16.5. The van der Waals surface area contributed by atoms with E-state index in [0.29, 0.717) is 17.3 Å². The normalized spacial score (nSPS) is 10.9. The van der Waals surface area contributed by atoms with E-state index in [2.05, 4.69) is 20.1 Å². The summed E-state index contributed by atoms with van der Waals surface area (Å²) in [5.41, 5.74) is 2.68. The molecule has 0 bridgehead atoms. The molecule has 0 aliphatic carbocycles. The molecule has 118 valence electrons. The third kappa shape index (κ3) is 3.58. The van der Waals surface area contributed by atoms with Crippen molar-refractivity contribution in [2.24, 2.45) is 0 Å². The molecule has 0 amide bonds. The molecule has 1 aromatic carbocycles. The van der Waals surface area contributed by atoms with Crippen LogP contribution < -0.4 is 0 Å². The summed E-state index contributed by atoms with van der Waals surface area (Å²) in [6, 6.07) is 8.00. The van der Waals surface area contributed by atoms with Crippen molar-refractivity contribution in [3.05, 3.63) is 48.4 Å². The Morgan fingerprint density at radius 3 is 2.91 bits per heavy atom. The van der Waals surface area contributed by atoms with Crippen LogP contribution in [0.4, 0.5) is 0 Å². The fraction of sp³-hybridized carbons (Fsp3) is 0.250. The van der Waals surface area contributed by atoms with E-state index in [9.17, 15) is 0 Å². The molecule has 23 heavy (non-hydrogen) atoms. The summed E-state index contributed by atoms with van der Waals surface area (Å²) in [5.74, 6) is 1.18. The molecule has 0 aliphatic heterocycles. The minimum Gasteiger partial charge on any atom is -0.394 e. The predicted octanol–water partition coefficient (Wildman–Crippen LogP) is 1.68. The van der Waals surface area contributed by atoms with Gasteiger partial charge in [-0.1, -0.05) is 23.8 Å². The van der Waals surface area contributed by atoms with Gasteiger partial charge in [0, 0.05) is 18.0 Å². The van der Waals surface area contributed by atoms with Gasteiger partial charge in [-0.25, -0.2) is 14.6 Å². The number of aromatic nitrogens is 5. The van der Waals surface area contributed by atoms with Gasteiger partial charge in [0.2, 0.25) is 5.82 Å². The standard InChI is InChI=1S/C16H17N5O2/c1-12-3-2-4-13(9-12)16-19-15(14-10-17-5-6-18-14)20-21(16)11-23-8-7-22/h2-6,9-10,22H,7-8,11H2,1H3. The highest BCUT2D eigenvalue weighted by Crippen LogP contribution is 2.22. The van der Waals surface area contributed by atoms with Crippen LogP contribution in [-0.2, 0) is 11.5 Å². The number of rotatable bonds is 6. The third-order valence-corrected chi connectivity index (χ3v) is 3.19. The van der Waals surface area contributed by atoms with E-state index in [1.54, 1.807) is 23.3 Å². The van der Waals surface area contributed by atoms with Crippen molar-refractivity contribution in [2.75, 3.05) is 13.2 Å². The van der Waals surface area contributed by atoms with Crippen molar-refractivity contribution in [1.82, 2.24) is 24.7 Å². The van der Waals surface area contributed by atoms with Gasteiger partial charge in [-0.15, -0.1) is 5.10 Å². The smallest absolute Gasteiger partial charge is 0.202 e. The zero-order valence-corrected chi connectivity index (χ0v) is 12.8. The molecule has 3 aromatic rings. The zero-order valence-electron chi connectivity index (χ0n) is 12.8. The quantitative estimate of drug-likeness (QED) is 0.697. The van der Waals surface area contributed by atoms with Crippen molar-refractivity contribution < 1.29 is 9.84 Å². The van der Waals surface area contributed by atoms with Gasteiger partial charge >= 0.3 is 0 Å². The molecule has 0 aliphatic rings. The molecule has 2 aromatic heterocycles. The van der Waals surface area contributed by atoms with Crippen LogP contribution in [0.1, 0.15) is 5.56 Å². The lowest BCUT2D eigenvalue weighted by atomic mass is 10.1. The molecule has 3 rings (SSSR count). The van der Waals surface area contributed by atoms with Crippen molar-refractivity contribution in [1.29, 1.82) is 0 Å². The largest absolute Gasteiger partial charge is 0.394 e. The molecule has 7 heteroatoms. The van der Waals surface area contributed by atoms with E-state index in [4.69, 9.17) is 9.84 Å². The Morgan fingerprint density at radius 1 is 1.26 bits per heavy atom. The van der Waals surface area contributed by atoms with E-state index in [-0.39, 0.29) is 19.9 Å². The second-order valence-corrected chi connectivity index (χ2v) is 4.98. The summed E-state index contributed by atoms with van der Waals surface area (Å²) in [7, 11) is 0.